The van der Waals surface area contributed by atoms with Crippen molar-refractivity contribution in [3.05, 3.63) is 48.2 Å². The number of fused-ring (bicyclic) bond motifs is 4. The number of oxazole rings is 1. The first kappa shape index (κ1) is 38.3. The number of alkyl carbamates (subject to hydrolysis) is 1. The largest absolute Gasteiger partial charge is 0.459 e. The van der Waals surface area contributed by atoms with E-state index in [2.05, 4.69) is 35.0 Å². The Bertz CT molecular complexity index is 1270. The Kier molecular flexibility index (Phi) is 15.8. The van der Waals surface area contributed by atoms with Crippen molar-refractivity contribution in [2.24, 2.45) is 5.92 Å². The fraction of sp³-hybridized carbons (Fsp3) is 0.676. The molecule has 7 unspecified atom stereocenters. The molecular weight excluding hydrogens is 632 g/mol. The molecule has 4 rings (SSSR count). The summed E-state index contributed by atoms with van der Waals surface area (Å²) in [5.41, 5.74) is 0.736. The van der Waals surface area contributed by atoms with E-state index in [1.165, 1.54) is 13.2 Å². The van der Waals surface area contributed by atoms with Gasteiger partial charge in [0, 0.05) is 39.0 Å². The number of allylic oxidation sites excluding steroid dienone is 2. The Morgan fingerprint density at radius 2 is 1.71 bits per heavy atom. The maximum atomic E-state index is 13.2. The summed E-state index contributed by atoms with van der Waals surface area (Å²) in [6.07, 6.45) is 18.3. The SMILES string of the molecule is COC(=O)NCC=Cc1nc(CCC=CC(=O)OC2CC3CC(=O)OC(C=CCC(C)C)CC4CCCC(CC(OC)CC(C2)O3)O4)co1. The van der Waals surface area contributed by atoms with Crippen molar-refractivity contribution in [2.75, 3.05) is 20.8 Å². The lowest BCUT2D eigenvalue weighted by molar-refractivity contribution is -0.169. The van der Waals surface area contributed by atoms with E-state index in [4.69, 9.17) is 28.1 Å². The van der Waals surface area contributed by atoms with E-state index in [1.54, 1.807) is 31.6 Å². The number of aryl methyl sites for hydroxylation is 1. The average Bonchev–Trinajstić information content (AvgIpc) is 3.51. The minimum atomic E-state index is -0.517. The highest BCUT2D eigenvalue weighted by molar-refractivity contribution is 5.82. The Morgan fingerprint density at radius 3 is 2.49 bits per heavy atom. The molecule has 0 saturated carbocycles. The molecule has 12 heteroatoms. The highest BCUT2D eigenvalue weighted by atomic mass is 16.6. The van der Waals surface area contributed by atoms with Crippen LogP contribution in [0.2, 0.25) is 0 Å². The van der Waals surface area contributed by atoms with Crippen molar-refractivity contribution in [1.82, 2.24) is 10.3 Å². The number of esters is 2. The highest BCUT2D eigenvalue weighted by Gasteiger charge is 2.36. The maximum Gasteiger partial charge on any atom is 0.407 e. The van der Waals surface area contributed by atoms with Crippen LogP contribution in [0.15, 0.2) is 41.1 Å². The van der Waals surface area contributed by atoms with Gasteiger partial charge in [-0.25, -0.2) is 14.6 Å². The number of carbonyl (C=O) groups excluding carboxylic acids is 3. The van der Waals surface area contributed by atoms with E-state index in [9.17, 15) is 14.4 Å². The second kappa shape index (κ2) is 20.3. The summed E-state index contributed by atoms with van der Waals surface area (Å²) in [4.78, 5) is 41.6. The number of cyclic esters (lactones) is 1. The number of aromatic nitrogens is 1. The van der Waals surface area contributed by atoms with Crippen LogP contribution in [0.4, 0.5) is 4.79 Å². The second-order valence-electron chi connectivity index (χ2n) is 13.5. The van der Waals surface area contributed by atoms with Gasteiger partial charge in [0.1, 0.15) is 18.5 Å². The van der Waals surface area contributed by atoms with Gasteiger partial charge in [-0.1, -0.05) is 32.1 Å². The zero-order valence-corrected chi connectivity index (χ0v) is 29.4. The van der Waals surface area contributed by atoms with Crippen molar-refractivity contribution in [2.45, 2.75) is 134 Å². The van der Waals surface area contributed by atoms with Gasteiger partial charge in [0.15, 0.2) is 0 Å². The molecule has 272 valence electrons. The smallest absolute Gasteiger partial charge is 0.407 e. The number of hydrogen-bond acceptors (Lipinski definition) is 11. The molecule has 1 aromatic heterocycles. The molecule has 3 aliphatic heterocycles. The number of nitrogens with one attached hydrogen (secondary N) is 1. The summed E-state index contributed by atoms with van der Waals surface area (Å²) in [5, 5.41) is 2.54. The molecule has 1 amide bonds. The van der Waals surface area contributed by atoms with Gasteiger partial charge in [-0.05, 0) is 69.4 Å². The summed E-state index contributed by atoms with van der Waals surface area (Å²) in [6, 6.07) is 0. The monoisotopic (exact) mass is 686 g/mol. The third kappa shape index (κ3) is 14.1. The van der Waals surface area contributed by atoms with Crippen molar-refractivity contribution in [3.8, 4) is 0 Å². The van der Waals surface area contributed by atoms with Crippen LogP contribution >= 0.6 is 0 Å². The summed E-state index contributed by atoms with van der Waals surface area (Å²) in [5.74, 6) is 0.155. The van der Waals surface area contributed by atoms with Gasteiger partial charge in [0.05, 0.1) is 49.7 Å². The van der Waals surface area contributed by atoms with E-state index in [-0.39, 0.29) is 49.5 Å². The predicted octanol–water partition coefficient (Wildman–Crippen LogP) is 6.03. The first-order valence-electron chi connectivity index (χ1n) is 17.7. The molecule has 0 aromatic carbocycles. The number of nitrogens with zero attached hydrogens (tertiary/aromatic N) is 1. The lowest BCUT2D eigenvalue weighted by Gasteiger charge is -2.38. The quantitative estimate of drug-likeness (QED) is 0.119. The summed E-state index contributed by atoms with van der Waals surface area (Å²) in [6.45, 7) is 4.60. The maximum absolute atomic E-state index is 13.2. The van der Waals surface area contributed by atoms with Gasteiger partial charge in [-0.2, -0.15) is 0 Å². The normalized spacial score (nSPS) is 28.4. The molecule has 7 atom stereocenters. The third-order valence-electron chi connectivity index (χ3n) is 8.87. The van der Waals surface area contributed by atoms with E-state index in [0.29, 0.717) is 50.3 Å². The first-order valence-corrected chi connectivity index (χ1v) is 17.7. The van der Waals surface area contributed by atoms with E-state index in [0.717, 1.165) is 37.8 Å². The molecule has 4 bridgehead atoms. The van der Waals surface area contributed by atoms with Crippen LogP contribution in [0.3, 0.4) is 0 Å². The molecule has 3 aliphatic rings. The lowest BCUT2D eigenvalue weighted by atomic mass is 9.92. The minimum Gasteiger partial charge on any atom is -0.459 e. The molecule has 0 spiro atoms. The second-order valence-corrected chi connectivity index (χ2v) is 13.5. The van der Waals surface area contributed by atoms with Crippen LogP contribution in [0.1, 0.15) is 96.1 Å². The summed E-state index contributed by atoms with van der Waals surface area (Å²) in [7, 11) is 3.01. The fourth-order valence-electron chi connectivity index (χ4n) is 6.48. The first-order chi connectivity index (χ1) is 23.7. The van der Waals surface area contributed by atoms with Gasteiger partial charge in [0.2, 0.25) is 5.89 Å². The molecule has 3 fully saturated rings. The predicted molar refractivity (Wildman–Crippen MR) is 181 cm³/mol. The molecule has 3 saturated heterocycles. The standard InChI is InChI=1S/C37H54N2O10/c1-25(2)10-7-12-29-18-27-13-8-14-28(46-27)19-30(43-3)20-31-21-32(22-33(47-31)23-36(41)48-29)49-35(40)16-6-5-11-26-24-45-34(39-26)15-9-17-38-37(42)44-4/h6-7,9,12,15-16,24-25,27-33H,5,8,10-11,13-14,17-23H2,1-4H3,(H,38,42). The third-order valence-corrected chi connectivity index (χ3v) is 8.87. The molecule has 0 aliphatic carbocycles. The molecule has 1 N–H and O–H groups in total. The molecule has 0 radical (unpaired) electrons. The Labute approximate surface area is 289 Å². The highest BCUT2D eigenvalue weighted by Crippen LogP contribution is 2.32. The molecule has 1 aromatic rings. The Hall–Kier alpha value is -3.48. The number of methoxy groups -OCH3 is 2. The average molecular weight is 687 g/mol. The van der Waals surface area contributed by atoms with Crippen molar-refractivity contribution in [1.29, 1.82) is 0 Å². The van der Waals surface area contributed by atoms with Crippen molar-refractivity contribution in [3.63, 3.8) is 0 Å². The zero-order chi connectivity index (χ0) is 35.0. The van der Waals surface area contributed by atoms with Crippen LogP contribution in [-0.4, -0.2) is 86.5 Å². The number of hydrogen-bond donors (Lipinski definition) is 1. The van der Waals surface area contributed by atoms with Gasteiger partial charge in [-0.3, -0.25) is 4.79 Å². The van der Waals surface area contributed by atoms with E-state index < -0.39 is 24.3 Å². The van der Waals surface area contributed by atoms with Crippen LogP contribution < -0.4 is 5.32 Å². The number of rotatable bonds is 12. The van der Waals surface area contributed by atoms with Crippen LogP contribution in [0, 0.1) is 5.92 Å². The van der Waals surface area contributed by atoms with Gasteiger partial charge in [0.25, 0.3) is 0 Å². The number of carbonyl (C=O) groups is 3. The van der Waals surface area contributed by atoms with Gasteiger partial charge < -0.3 is 38.2 Å². The molecular formula is C37H54N2O10. The van der Waals surface area contributed by atoms with Crippen LogP contribution in [0.5, 0.6) is 0 Å². The lowest BCUT2D eigenvalue weighted by Crippen LogP contribution is -2.42. The van der Waals surface area contributed by atoms with E-state index in [1.807, 2.05) is 6.08 Å². The molecule has 4 heterocycles. The summed E-state index contributed by atoms with van der Waals surface area (Å²) >= 11 is 0. The minimum absolute atomic E-state index is 0.0343. The Balaban J connectivity index is 1.33. The van der Waals surface area contributed by atoms with Crippen LogP contribution in [-0.2, 0) is 44.4 Å². The summed E-state index contributed by atoms with van der Waals surface area (Å²) < 4.78 is 40.6. The van der Waals surface area contributed by atoms with Crippen molar-refractivity contribution < 1.29 is 47.2 Å². The fourth-order valence-corrected chi connectivity index (χ4v) is 6.48. The van der Waals surface area contributed by atoms with E-state index >= 15 is 0 Å². The Morgan fingerprint density at radius 1 is 0.980 bits per heavy atom. The topological polar surface area (TPSA) is 145 Å². The van der Waals surface area contributed by atoms with Crippen molar-refractivity contribution >= 4 is 24.1 Å². The zero-order valence-electron chi connectivity index (χ0n) is 29.4. The molecule has 12 nitrogen and oxygen atoms in total. The van der Waals surface area contributed by atoms with Gasteiger partial charge >= 0.3 is 18.0 Å². The number of amides is 1. The van der Waals surface area contributed by atoms with Crippen LogP contribution in [0.25, 0.3) is 6.08 Å². The molecule has 49 heavy (non-hydrogen) atoms. The number of ether oxygens (including phenoxy) is 6. The van der Waals surface area contributed by atoms with Gasteiger partial charge in [-0.15, -0.1) is 0 Å².